The van der Waals surface area contributed by atoms with E-state index in [0.29, 0.717) is 0 Å². The molecule has 0 radical (unpaired) electrons. The lowest BCUT2D eigenvalue weighted by Crippen LogP contribution is -2.30. The monoisotopic (exact) mass is 263 g/mol. The van der Waals surface area contributed by atoms with Gasteiger partial charge in [0.1, 0.15) is 0 Å². The van der Waals surface area contributed by atoms with E-state index in [9.17, 15) is 0 Å². The highest BCUT2D eigenvalue weighted by Crippen LogP contribution is 2.40. The van der Waals surface area contributed by atoms with Crippen molar-refractivity contribution in [2.45, 2.75) is 18.9 Å². The Morgan fingerprint density at radius 3 is 2.44 bits per heavy atom. The van der Waals surface area contributed by atoms with E-state index in [1.165, 1.54) is 31.6 Å². The average molecular weight is 264 g/mol. The lowest BCUT2D eigenvalue weighted by atomic mass is 10.0. The maximum absolute atomic E-state index is 6.24. The lowest BCUT2D eigenvalue weighted by molar-refractivity contribution is 0.306. The van der Waals surface area contributed by atoms with Crippen molar-refractivity contribution in [2.75, 3.05) is 31.1 Å². The number of hydrogen-bond donors (Lipinski definition) is 0. The summed E-state index contributed by atoms with van der Waals surface area (Å²) in [7, 11) is 0. The van der Waals surface area contributed by atoms with Gasteiger partial charge in [0.15, 0.2) is 0 Å². The second-order valence-electron chi connectivity index (χ2n) is 5.94. The zero-order valence-corrected chi connectivity index (χ0v) is 11.2. The second kappa shape index (κ2) is 4.10. The molecule has 1 aliphatic carbocycles. The Kier molecular flexibility index (Phi) is 2.52. The summed E-state index contributed by atoms with van der Waals surface area (Å²) < 4.78 is 0. The molecule has 0 bridgehead atoms. The summed E-state index contributed by atoms with van der Waals surface area (Å²) in [5.41, 5.74) is 1.17. The first kappa shape index (κ1) is 11.1. The molecular formula is C14H18ClN3. The first-order chi connectivity index (χ1) is 8.81. The zero-order chi connectivity index (χ0) is 12.1. The predicted molar refractivity (Wildman–Crippen MR) is 73.0 cm³/mol. The normalized spacial score (nSPS) is 31.9. The SMILES string of the molecule is Clc1cnccc1N1CC2CN(C3CC3)CC2C1. The Balaban J connectivity index is 1.48. The quantitative estimate of drug-likeness (QED) is 0.816. The molecule has 2 saturated heterocycles. The van der Waals surface area contributed by atoms with Crippen molar-refractivity contribution in [1.29, 1.82) is 0 Å². The Bertz CT molecular complexity index is 446. The Labute approximate surface area is 113 Å². The number of pyridine rings is 1. The molecule has 18 heavy (non-hydrogen) atoms. The fourth-order valence-electron chi connectivity index (χ4n) is 3.59. The van der Waals surface area contributed by atoms with Gasteiger partial charge in [-0.15, -0.1) is 0 Å². The maximum atomic E-state index is 6.24. The third-order valence-corrected chi connectivity index (χ3v) is 4.96. The van der Waals surface area contributed by atoms with Gasteiger partial charge in [0.2, 0.25) is 0 Å². The molecule has 3 aliphatic rings. The highest BCUT2D eigenvalue weighted by Gasteiger charge is 2.44. The van der Waals surface area contributed by atoms with Gasteiger partial charge < -0.3 is 4.90 Å². The molecule has 0 amide bonds. The zero-order valence-electron chi connectivity index (χ0n) is 10.4. The smallest absolute Gasteiger partial charge is 0.0822 e. The molecule has 2 unspecified atom stereocenters. The highest BCUT2D eigenvalue weighted by molar-refractivity contribution is 6.33. The molecule has 0 N–H and O–H groups in total. The van der Waals surface area contributed by atoms with Crippen LogP contribution in [0.2, 0.25) is 5.02 Å². The maximum Gasteiger partial charge on any atom is 0.0822 e. The van der Waals surface area contributed by atoms with Gasteiger partial charge in [-0.05, 0) is 30.7 Å². The van der Waals surface area contributed by atoms with Crippen LogP contribution >= 0.6 is 11.6 Å². The third-order valence-electron chi connectivity index (χ3n) is 4.67. The summed E-state index contributed by atoms with van der Waals surface area (Å²) >= 11 is 6.24. The van der Waals surface area contributed by atoms with E-state index in [1.807, 2.05) is 12.3 Å². The average Bonchev–Trinajstić information content (AvgIpc) is 3.02. The van der Waals surface area contributed by atoms with Crippen LogP contribution in [0.1, 0.15) is 12.8 Å². The largest absolute Gasteiger partial charge is 0.370 e. The Morgan fingerprint density at radius 2 is 1.83 bits per heavy atom. The van der Waals surface area contributed by atoms with Crippen molar-refractivity contribution in [3.05, 3.63) is 23.5 Å². The van der Waals surface area contributed by atoms with Crippen LogP contribution < -0.4 is 4.90 Å². The van der Waals surface area contributed by atoms with Crippen molar-refractivity contribution in [1.82, 2.24) is 9.88 Å². The molecule has 0 spiro atoms. The number of rotatable bonds is 2. The van der Waals surface area contributed by atoms with Crippen LogP contribution in [0.5, 0.6) is 0 Å². The molecule has 1 aromatic heterocycles. The van der Waals surface area contributed by atoms with Crippen molar-refractivity contribution in [3.63, 3.8) is 0 Å². The van der Waals surface area contributed by atoms with Gasteiger partial charge in [0.25, 0.3) is 0 Å². The minimum absolute atomic E-state index is 0.788. The number of halogens is 1. The van der Waals surface area contributed by atoms with Crippen molar-refractivity contribution in [2.24, 2.45) is 11.8 Å². The lowest BCUT2D eigenvalue weighted by Gasteiger charge is -2.23. The van der Waals surface area contributed by atoms with Gasteiger partial charge in [0.05, 0.1) is 10.7 Å². The van der Waals surface area contributed by atoms with Crippen molar-refractivity contribution >= 4 is 17.3 Å². The van der Waals surface area contributed by atoms with Gasteiger partial charge >= 0.3 is 0 Å². The standard InChI is InChI=1S/C14H18ClN3/c15-13-5-16-4-3-14(13)18-8-10-6-17(12-1-2-12)7-11(10)9-18/h3-5,10-12H,1-2,6-9H2. The van der Waals surface area contributed by atoms with Crippen molar-refractivity contribution < 1.29 is 0 Å². The molecule has 0 aromatic carbocycles. The molecule has 4 heteroatoms. The minimum atomic E-state index is 0.788. The van der Waals surface area contributed by atoms with E-state index in [-0.39, 0.29) is 0 Å². The predicted octanol–water partition coefficient (Wildman–Crippen LogP) is 2.27. The Hall–Kier alpha value is -0.800. The van der Waals surface area contributed by atoms with Crippen LogP contribution in [0, 0.1) is 11.8 Å². The van der Waals surface area contributed by atoms with E-state index in [1.54, 1.807) is 6.20 Å². The van der Waals surface area contributed by atoms with Gasteiger partial charge in [-0.2, -0.15) is 0 Å². The number of nitrogens with zero attached hydrogens (tertiary/aromatic N) is 3. The van der Waals surface area contributed by atoms with Crippen LogP contribution in [0.3, 0.4) is 0 Å². The summed E-state index contributed by atoms with van der Waals surface area (Å²) in [6.07, 6.45) is 6.45. The fraction of sp³-hybridized carbons (Fsp3) is 0.643. The summed E-state index contributed by atoms with van der Waals surface area (Å²) in [5.74, 6) is 1.68. The van der Waals surface area contributed by atoms with Crippen LogP contribution in [-0.4, -0.2) is 42.1 Å². The summed E-state index contributed by atoms with van der Waals surface area (Å²) in [6.45, 7) is 4.93. The molecular weight excluding hydrogens is 246 g/mol. The first-order valence-corrected chi connectivity index (χ1v) is 7.27. The van der Waals surface area contributed by atoms with Gasteiger partial charge in [-0.3, -0.25) is 9.88 Å². The first-order valence-electron chi connectivity index (χ1n) is 6.90. The van der Waals surface area contributed by atoms with Crippen LogP contribution in [0.15, 0.2) is 18.5 Å². The molecule has 4 rings (SSSR count). The number of aromatic nitrogens is 1. The van der Waals surface area contributed by atoms with Crippen LogP contribution in [0.25, 0.3) is 0 Å². The van der Waals surface area contributed by atoms with E-state index < -0.39 is 0 Å². The molecule has 2 atom stereocenters. The van der Waals surface area contributed by atoms with Crippen molar-refractivity contribution in [3.8, 4) is 0 Å². The second-order valence-corrected chi connectivity index (χ2v) is 6.34. The number of hydrogen-bond acceptors (Lipinski definition) is 3. The van der Waals surface area contributed by atoms with E-state index >= 15 is 0 Å². The van der Waals surface area contributed by atoms with Gasteiger partial charge in [-0.25, -0.2) is 0 Å². The molecule has 1 saturated carbocycles. The fourth-order valence-corrected chi connectivity index (χ4v) is 3.83. The van der Waals surface area contributed by atoms with Gasteiger partial charge in [-0.1, -0.05) is 11.6 Å². The molecule has 2 aliphatic heterocycles. The van der Waals surface area contributed by atoms with E-state index in [4.69, 9.17) is 11.6 Å². The number of likely N-dealkylation sites (tertiary alicyclic amines) is 1. The molecule has 96 valence electrons. The summed E-state index contributed by atoms with van der Waals surface area (Å²) in [4.78, 5) is 9.22. The number of fused-ring (bicyclic) bond motifs is 1. The molecule has 3 fully saturated rings. The molecule has 1 aromatic rings. The Morgan fingerprint density at radius 1 is 1.11 bits per heavy atom. The minimum Gasteiger partial charge on any atom is -0.370 e. The van der Waals surface area contributed by atoms with Crippen LogP contribution in [0.4, 0.5) is 5.69 Å². The van der Waals surface area contributed by atoms with Crippen LogP contribution in [-0.2, 0) is 0 Å². The third kappa shape index (κ3) is 1.81. The van der Waals surface area contributed by atoms with E-state index in [2.05, 4.69) is 14.8 Å². The topological polar surface area (TPSA) is 19.4 Å². The summed E-state index contributed by atoms with van der Waals surface area (Å²) in [6, 6.07) is 2.97. The molecule has 3 heterocycles. The number of anilines is 1. The highest BCUT2D eigenvalue weighted by atomic mass is 35.5. The molecule has 3 nitrogen and oxygen atoms in total. The summed E-state index contributed by atoms with van der Waals surface area (Å²) in [5, 5.41) is 0.788. The van der Waals surface area contributed by atoms with Gasteiger partial charge in [0, 0.05) is 44.6 Å². The van der Waals surface area contributed by atoms with E-state index in [0.717, 1.165) is 36.0 Å².